The number of allylic oxidation sites excluding steroid dienone is 1. The van der Waals surface area contributed by atoms with E-state index in [1.807, 2.05) is 6.92 Å². The zero-order valence-corrected chi connectivity index (χ0v) is 7.00. The second-order valence-corrected chi connectivity index (χ2v) is 2.99. The minimum atomic E-state index is -0.518. The average Bonchev–Trinajstić information content (AvgIpc) is 1.97. The van der Waals surface area contributed by atoms with Crippen LogP contribution < -0.4 is 0 Å². The molecular formula is C8H14NO2+. The Morgan fingerprint density at radius 1 is 1.55 bits per heavy atom. The molecule has 1 aliphatic rings. The van der Waals surface area contributed by atoms with Crippen molar-refractivity contribution in [1.29, 1.82) is 0 Å². The summed E-state index contributed by atoms with van der Waals surface area (Å²) in [6, 6.07) is 0. The number of hydrogen-bond acceptors (Lipinski definition) is 1. The number of quaternary nitrogens is 1. The summed E-state index contributed by atoms with van der Waals surface area (Å²) in [6.07, 6.45) is 2.68. The summed E-state index contributed by atoms with van der Waals surface area (Å²) in [6.45, 7) is 4.62. The standard InChI is InChI=1S/C8H13NO2/c1-3-7(2)8(10)9(11)5-4-6-9/h3H,4-6H2,1-2H3/p+1/b7-3+. The van der Waals surface area contributed by atoms with Crippen molar-refractivity contribution in [2.75, 3.05) is 13.1 Å². The highest BCUT2D eigenvalue weighted by molar-refractivity contribution is 5.88. The van der Waals surface area contributed by atoms with Gasteiger partial charge in [0.05, 0.1) is 13.1 Å². The van der Waals surface area contributed by atoms with Crippen LogP contribution in [0, 0.1) is 5.21 Å². The number of nitrogens with zero attached hydrogens (tertiary/aromatic N) is 1. The third-order valence-electron chi connectivity index (χ3n) is 2.21. The van der Waals surface area contributed by atoms with Crippen molar-refractivity contribution >= 4 is 5.91 Å². The predicted octanol–water partition coefficient (Wildman–Crippen LogP) is 1.17. The van der Waals surface area contributed by atoms with E-state index in [-0.39, 0.29) is 5.91 Å². The maximum absolute atomic E-state index is 11.5. The Hall–Kier alpha value is -0.670. The Labute approximate surface area is 66.5 Å². The predicted molar refractivity (Wildman–Crippen MR) is 44.4 cm³/mol. The van der Waals surface area contributed by atoms with Crippen LogP contribution in [0.15, 0.2) is 11.6 Å². The SMILES string of the molecule is C/C=C(\C)C(=[OH+])[N+]1([O-])CCC1. The molecule has 1 N–H and O–H groups in total. The van der Waals surface area contributed by atoms with E-state index in [2.05, 4.69) is 0 Å². The molecule has 1 saturated heterocycles. The summed E-state index contributed by atoms with van der Waals surface area (Å²) in [5, 5.41) is 11.5. The fraction of sp³-hybridized carbons (Fsp3) is 0.625. The molecule has 0 radical (unpaired) electrons. The van der Waals surface area contributed by atoms with Crippen molar-refractivity contribution < 1.29 is 9.44 Å². The summed E-state index contributed by atoms with van der Waals surface area (Å²) in [4.78, 5) is 9.40. The number of amides is 1. The number of carbonyl (C=O) groups excluding carboxylic acids is 1. The van der Waals surface area contributed by atoms with Crippen LogP contribution in [0.2, 0.25) is 0 Å². The van der Waals surface area contributed by atoms with Gasteiger partial charge >= 0.3 is 5.91 Å². The number of likely N-dealkylation sites (tertiary alicyclic amines) is 1. The van der Waals surface area contributed by atoms with Crippen LogP contribution in [0.4, 0.5) is 0 Å². The normalized spacial score (nSPS) is 22.6. The molecule has 0 spiro atoms. The third kappa shape index (κ3) is 1.34. The molecule has 0 aromatic rings. The summed E-state index contributed by atoms with van der Waals surface area (Å²) in [5.74, 6) is -0.0150. The highest BCUT2D eigenvalue weighted by Gasteiger charge is 2.40. The molecule has 1 heterocycles. The second-order valence-electron chi connectivity index (χ2n) is 2.99. The van der Waals surface area contributed by atoms with Crippen LogP contribution in [-0.2, 0) is 0 Å². The van der Waals surface area contributed by atoms with Crippen molar-refractivity contribution in [2.24, 2.45) is 0 Å². The van der Waals surface area contributed by atoms with Crippen molar-refractivity contribution in [3.8, 4) is 0 Å². The van der Waals surface area contributed by atoms with Gasteiger partial charge in [-0.25, -0.2) is 9.44 Å². The molecule has 3 nitrogen and oxygen atoms in total. The van der Waals surface area contributed by atoms with Gasteiger partial charge in [-0.05, 0) is 13.8 Å². The fourth-order valence-electron chi connectivity index (χ4n) is 1.11. The van der Waals surface area contributed by atoms with Gasteiger partial charge in [0.25, 0.3) is 0 Å². The van der Waals surface area contributed by atoms with Gasteiger partial charge in [0.15, 0.2) is 0 Å². The summed E-state index contributed by atoms with van der Waals surface area (Å²) >= 11 is 0. The van der Waals surface area contributed by atoms with E-state index in [0.29, 0.717) is 18.7 Å². The molecule has 0 aromatic heterocycles. The van der Waals surface area contributed by atoms with Crippen LogP contribution in [-0.4, -0.2) is 28.4 Å². The summed E-state index contributed by atoms with van der Waals surface area (Å²) in [5.41, 5.74) is 0.694. The number of hydroxylamine groups is 3. The zero-order valence-electron chi connectivity index (χ0n) is 7.00. The maximum atomic E-state index is 11.5. The van der Waals surface area contributed by atoms with Crippen molar-refractivity contribution in [3.63, 3.8) is 0 Å². The highest BCUT2D eigenvalue weighted by Crippen LogP contribution is 2.21. The molecule has 1 rings (SSSR count). The first-order valence-corrected chi connectivity index (χ1v) is 3.88. The van der Waals surface area contributed by atoms with Gasteiger partial charge in [-0.1, -0.05) is 6.08 Å². The highest BCUT2D eigenvalue weighted by atomic mass is 16.6. The van der Waals surface area contributed by atoms with E-state index in [0.717, 1.165) is 6.42 Å². The molecule has 62 valence electrons. The van der Waals surface area contributed by atoms with Crippen molar-refractivity contribution in [2.45, 2.75) is 20.3 Å². The largest absolute Gasteiger partial charge is 0.621 e. The van der Waals surface area contributed by atoms with Crippen molar-refractivity contribution in [3.05, 3.63) is 16.9 Å². The molecule has 0 aromatic carbocycles. The lowest BCUT2D eigenvalue weighted by Crippen LogP contribution is -2.57. The van der Waals surface area contributed by atoms with Gasteiger partial charge in [0.1, 0.15) is 5.57 Å². The molecule has 1 fully saturated rings. The molecule has 0 bridgehead atoms. The van der Waals surface area contributed by atoms with Crippen molar-refractivity contribution in [1.82, 2.24) is 0 Å². The second kappa shape index (κ2) is 2.75. The van der Waals surface area contributed by atoms with E-state index in [1.54, 1.807) is 13.0 Å². The van der Waals surface area contributed by atoms with Gasteiger partial charge in [0.2, 0.25) is 0 Å². The Morgan fingerprint density at radius 3 is 2.36 bits per heavy atom. The Kier molecular flexibility index (Phi) is 2.11. The summed E-state index contributed by atoms with van der Waals surface area (Å²) in [7, 11) is 0. The quantitative estimate of drug-likeness (QED) is 0.243. The van der Waals surface area contributed by atoms with Crippen LogP contribution in [0.3, 0.4) is 0 Å². The first-order valence-electron chi connectivity index (χ1n) is 3.88. The summed E-state index contributed by atoms with van der Waals surface area (Å²) < 4.78 is -0.518. The van der Waals surface area contributed by atoms with Gasteiger partial charge in [-0.2, -0.15) is 0 Å². The molecule has 3 heteroatoms. The smallest absolute Gasteiger partial charge is 0.509 e. The van der Waals surface area contributed by atoms with Gasteiger partial charge in [-0.15, -0.1) is 0 Å². The third-order valence-corrected chi connectivity index (χ3v) is 2.21. The lowest BCUT2D eigenvalue weighted by molar-refractivity contribution is -0.835. The monoisotopic (exact) mass is 156 g/mol. The Bertz CT molecular complexity index is 204. The number of hydrogen-bond donors (Lipinski definition) is 0. The van der Waals surface area contributed by atoms with Gasteiger partial charge in [0, 0.05) is 6.42 Å². The van der Waals surface area contributed by atoms with E-state index in [4.69, 9.17) is 0 Å². The molecular weight excluding hydrogens is 142 g/mol. The van der Waals surface area contributed by atoms with Gasteiger partial charge < -0.3 is 5.21 Å². The molecule has 1 aliphatic heterocycles. The molecule has 0 aliphatic carbocycles. The average molecular weight is 156 g/mol. The first kappa shape index (κ1) is 8.43. The molecule has 1 amide bonds. The van der Waals surface area contributed by atoms with Gasteiger partial charge in [-0.3, -0.25) is 0 Å². The van der Waals surface area contributed by atoms with E-state index >= 15 is 0 Å². The van der Waals surface area contributed by atoms with Crippen LogP contribution in [0.1, 0.15) is 20.3 Å². The molecule has 0 atom stereocenters. The first-order chi connectivity index (χ1) is 5.10. The Morgan fingerprint density at radius 2 is 2.09 bits per heavy atom. The fourth-order valence-corrected chi connectivity index (χ4v) is 1.11. The molecule has 0 saturated carbocycles. The maximum Gasteiger partial charge on any atom is 0.509 e. The zero-order chi connectivity index (χ0) is 8.48. The minimum absolute atomic E-state index is 0.0150. The lowest BCUT2D eigenvalue weighted by atomic mass is 10.1. The molecule has 11 heavy (non-hydrogen) atoms. The topological polar surface area (TPSA) is 44.5 Å². The van der Waals surface area contributed by atoms with E-state index < -0.39 is 4.65 Å². The molecule has 0 unspecified atom stereocenters. The lowest BCUT2D eigenvalue weighted by Gasteiger charge is -2.42. The van der Waals surface area contributed by atoms with Crippen LogP contribution in [0.5, 0.6) is 0 Å². The van der Waals surface area contributed by atoms with E-state index in [1.165, 1.54) is 0 Å². The minimum Gasteiger partial charge on any atom is -0.621 e. The van der Waals surface area contributed by atoms with Crippen LogP contribution in [0.25, 0.3) is 0 Å². The van der Waals surface area contributed by atoms with Crippen LogP contribution >= 0.6 is 0 Å². The number of rotatable bonds is 1. The Balaban J connectivity index is 2.68. The van der Waals surface area contributed by atoms with E-state index in [9.17, 15) is 10.0 Å².